The van der Waals surface area contributed by atoms with Crippen LogP contribution in [0.15, 0.2) is 18.2 Å². The molecule has 1 fully saturated rings. The largest absolute Gasteiger partial charge is 0.356 e. The fourth-order valence-corrected chi connectivity index (χ4v) is 3.19. The number of nitrogens with one attached hydrogen (secondary N) is 3. The monoisotopic (exact) mass is 300 g/mol. The molecule has 3 rings (SSSR count). The summed E-state index contributed by atoms with van der Waals surface area (Å²) in [5, 5.41) is 5.50. The van der Waals surface area contributed by atoms with Gasteiger partial charge in [-0.25, -0.2) is 4.98 Å². The van der Waals surface area contributed by atoms with E-state index < -0.39 is 0 Å². The molecule has 1 aliphatic rings. The molecular formula is C16H20N4O2. The summed E-state index contributed by atoms with van der Waals surface area (Å²) in [5.74, 6) is 1.16. The highest BCUT2D eigenvalue weighted by Gasteiger charge is 2.25. The number of hydrogen-bond acceptors (Lipinski definition) is 3. The molecule has 2 atom stereocenters. The van der Waals surface area contributed by atoms with E-state index in [0.29, 0.717) is 11.5 Å². The highest BCUT2D eigenvalue weighted by Crippen LogP contribution is 2.32. The zero-order valence-corrected chi connectivity index (χ0v) is 12.6. The average Bonchev–Trinajstić information content (AvgIpc) is 2.98. The molecule has 1 aromatic heterocycles. The first kappa shape index (κ1) is 14.6. The Hall–Kier alpha value is -2.37. The van der Waals surface area contributed by atoms with Gasteiger partial charge in [0.25, 0.3) is 5.91 Å². The number of aromatic nitrogens is 2. The molecule has 2 amide bonds. The quantitative estimate of drug-likeness (QED) is 0.751. The van der Waals surface area contributed by atoms with E-state index in [0.717, 1.165) is 49.0 Å². The maximum absolute atomic E-state index is 11.7. The molecule has 0 radical (unpaired) electrons. The number of rotatable bonds is 4. The van der Waals surface area contributed by atoms with Crippen LogP contribution in [-0.4, -0.2) is 35.4 Å². The van der Waals surface area contributed by atoms with Crippen LogP contribution in [0.5, 0.6) is 0 Å². The molecule has 0 aliphatic heterocycles. The number of imidazole rings is 1. The minimum absolute atomic E-state index is 0.106. The smallest absolute Gasteiger partial charge is 0.251 e. The van der Waals surface area contributed by atoms with E-state index in [2.05, 4.69) is 20.6 Å². The summed E-state index contributed by atoms with van der Waals surface area (Å²) >= 11 is 0. The molecule has 2 aromatic rings. The van der Waals surface area contributed by atoms with Crippen LogP contribution < -0.4 is 10.6 Å². The van der Waals surface area contributed by atoms with Crippen LogP contribution in [0.3, 0.4) is 0 Å². The number of carbonyl (C=O) groups is 2. The van der Waals surface area contributed by atoms with Gasteiger partial charge >= 0.3 is 0 Å². The van der Waals surface area contributed by atoms with Crippen molar-refractivity contribution >= 4 is 23.4 Å². The second kappa shape index (κ2) is 6.17. The van der Waals surface area contributed by atoms with Crippen molar-refractivity contribution in [2.24, 2.45) is 0 Å². The topological polar surface area (TPSA) is 86.9 Å². The highest BCUT2D eigenvalue weighted by molar-refractivity contribution is 5.97. The maximum Gasteiger partial charge on any atom is 0.251 e. The van der Waals surface area contributed by atoms with Gasteiger partial charge in [-0.2, -0.15) is 0 Å². The SMILES string of the molecule is CNC(=O)c1ccc2nc(C3CCCC(NC=O)C3)[nH]c2c1. The molecule has 1 aliphatic carbocycles. The van der Waals surface area contributed by atoms with Crippen LogP contribution in [-0.2, 0) is 4.79 Å². The number of carbonyl (C=O) groups excluding carboxylic acids is 2. The molecule has 1 aromatic carbocycles. The summed E-state index contributed by atoms with van der Waals surface area (Å²) in [6, 6.07) is 5.70. The van der Waals surface area contributed by atoms with Gasteiger partial charge in [-0.15, -0.1) is 0 Å². The molecule has 6 nitrogen and oxygen atoms in total. The normalized spacial score (nSPS) is 21.5. The van der Waals surface area contributed by atoms with Gasteiger partial charge in [0.2, 0.25) is 6.41 Å². The number of aromatic amines is 1. The van der Waals surface area contributed by atoms with Crippen molar-refractivity contribution < 1.29 is 9.59 Å². The summed E-state index contributed by atoms with van der Waals surface area (Å²) in [6.07, 6.45) is 4.86. The number of nitrogens with zero attached hydrogens (tertiary/aromatic N) is 1. The van der Waals surface area contributed by atoms with E-state index in [9.17, 15) is 9.59 Å². The zero-order valence-electron chi connectivity index (χ0n) is 12.6. The molecule has 1 heterocycles. The van der Waals surface area contributed by atoms with Crippen LogP contribution >= 0.6 is 0 Å². The van der Waals surface area contributed by atoms with Crippen molar-refractivity contribution in [3.8, 4) is 0 Å². The van der Waals surface area contributed by atoms with Crippen molar-refractivity contribution in [3.05, 3.63) is 29.6 Å². The molecule has 22 heavy (non-hydrogen) atoms. The van der Waals surface area contributed by atoms with Crippen molar-refractivity contribution in [2.75, 3.05) is 7.05 Å². The average molecular weight is 300 g/mol. The summed E-state index contributed by atoms with van der Waals surface area (Å²) in [5.41, 5.74) is 2.36. The van der Waals surface area contributed by atoms with Gasteiger partial charge in [0.05, 0.1) is 11.0 Å². The Balaban J connectivity index is 1.85. The van der Waals surface area contributed by atoms with E-state index in [1.807, 2.05) is 12.1 Å². The Morgan fingerprint density at radius 2 is 2.27 bits per heavy atom. The first-order chi connectivity index (χ1) is 10.7. The third-order valence-electron chi connectivity index (χ3n) is 4.35. The molecule has 3 N–H and O–H groups in total. The van der Waals surface area contributed by atoms with Crippen LogP contribution in [0.1, 0.15) is 47.8 Å². The second-order valence-electron chi connectivity index (χ2n) is 5.78. The summed E-state index contributed by atoms with van der Waals surface area (Å²) in [7, 11) is 1.62. The molecule has 1 saturated carbocycles. The minimum atomic E-state index is -0.106. The number of hydrogen-bond donors (Lipinski definition) is 3. The Morgan fingerprint density at radius 1 is 1.41 bits per heavy atom. The second-order valence-corrected chi connectivity index (χ2v) is 5.78. The van der Waals surface area contributed by atoms with Gasteiger partial charge in [-0.1, -0.05) is 6.42 Å². The van der Waals surface area contributed by atoms with Gasteiger partial charge in [0, 0.05) is 24.6 Å². The molecule has 0 saturated heterocycles. The third kappa shape index (κ3) is 2.81. The predicted molar refractivity (Wildman–Crippen MR) is 83.7 cm³/mol. The molecular weight excluding hydrogens is 280 g/mol. The Morgan fingerprint density at radius 3 is 3.05 bits per heavy atom. The number of fused-ring (bicyclic) bond motifs is 1. The summed E-state index contributed by atoms with van der Waals surface area (Å²) in [4.78, 5) is 30.3. The van der Waals surface area contributed by atoms with Crippen molar-refractivity contribution in [2.45, 2.75) is 37.6 Å². The Bertz CT molecular complexity index is 695. The van der Waals surface area contributed by atoms with Crippen molar-refractivity contribution in [3.63, 3.8) is 0 Å². The van der Waals surface area contributed by atoms with E-state index in [-0.39, 0.29) is 11.9 Å². The lowest BCUT2D eigenvalue weighted by Crippen LogP contribution is -2.32. The first-order valence-electron chi connectivity index (χ1n) is 7.62. The van der Waals surface area contributed by atoms with E-state index in [1.165, 1.54) is 0 Å². The van der Waals surface area contributed by atoms with Gasteiger partial charge in [0.15, 0.2) is 0 Å². The van der Waals surface area contributed by atoms with Gasteiger partial charge < -0.3 is 15.6 Å². The minimum Gasteiger partial charge on any atom is -0.356 e. The summed E-state index contributed by atoms with van der Waals surface area (Å²) < 4.78 is 0. The Labute approximate surface area is 128 Å². The number of amides is 2. The predicted octanol–water partition coefficient (Wildman–Crippen LogP) is 1.69. The van der Waals surface area contributed by atoms with E-state index >= 15 is 0 Å². The lowest BCUT2D eigenvalue weighted by molar-refractivity contribution is -0.110. The van der Waals surface area contributed by atoms with E-state index in [4.69, 9.17) is 0 Å². The number of H-pyrrole nitrogens is 1. The van der Waals surface area contributed by atoms with Crippen molar-refractivity contribution in [1.29, 1.82) is 0 Å². The standard InChI is InChI=1S/C16H20N4O2/c1-17-16(22)11-5-6-13-14(8-11)20-15(19-13)10-3-2-4-12(7-10)18-9-21/h5-6,8-10,12H,2-4,7H2,1H3,(H,17,22)(H,18,21)(H,19,20). The van der Waals surface area contributed by atoms with Gasteiger partial charge in [-0.05, 0) is 37.5 Å². The first-order valence-corrected chi connectivity index (χ1v) is 7.62. The third-order valence-corrected chi connectivity index (χ3v) is 4.35. The van der Waals surface area contributed by atoms with E-state index in [1.54, 1.807) is 13.1 Å². The maximum atomic E-state index is 11.7. The molecule has 6 heteroatoms. The number of benzene rings is 1. The fraction of sp³-hybridized carbons (Fsp3) is 0.438. The van der Waals surface area contributed by atoms with Crippen LogP contribution in [0.4, 0.5) is 0 Å². The molecule has 2 unspecified atom stereocenters. The lowest BCUT2D eigenvalue weighted by Gasteiger charge is -2.27. The van der Waals surface area contributed by atoms with Gasteiger partial charge in [-0.3, -0.25) is 9.59 Å². The fourth-order valence-electron chi connectivity index (χ4n) is 3.19. The van der Waals surface area contributed by atoms with Crippen LogP contribution in [0.2, 0.25) is 0 Å². The summed E-state index contributed by atoms with van der Waals surface area (Å²) in [6.45, 7) is 0. The van der Waals surface area contributed by atoms with Crippen molar-refractivity contribution in [1.82, 2.24) is 20.6 Å². The molecule has 0 bridgehead atoms. The molecule has 116 valence electrons. The zero-order chi connectivity index (χ0) is 15.5. The highest BCUT2D eigenvalue weighted by atomic mass is 16.1. The van der Waals surface area contributed by atoms with Crippen LogP contribution in [0.25, 0.3) is 11.0 Å². The molecule has 0 spiro atoms. The van der Waals surface area contributed by atoms with Crippen LogP contribution in [0, 0.1) is 0 Å². The Kier molecular flexibility index (Phi) is 4.09. The van der Waals surface area contributed by atoms with Gasteiger partial charge in [0.1, 0.15) is 5.82 Å². The lowest BCUT2D eigenvalue weighted by atomic mass is 9.85.